The number of allylic oxidation sites excluding steroid dienone is 2. The molecule has 0 amide bonds. The maximum absolute atomic E-state index is 5.64. The molecule has 0 radical (unpaired) electrons. The molecule has 6 heteroatoms. The Balaban J connectivity index is 2.14. The molecule has 1 aromatic heterocycles. The van der Waals surface area contributed by atoms with Gasteiger partial charge < -0.3 is 16.0 Å². The Morgan fingerprint density at radius 2 is 2.32 bits per heavy atom. The van der Waals surface area contributed by atoms with Gasteiger partial charge in [0.1, 0.15) is 11.7 Å². The number of nitrogens with one attached hydrogen (secondary N) is 2. The lowest BCUT2D eigenvalue weighted by atomic mass is 10.3. The number of aliphatic imine (C=N–C) groups is 1. The lowest BCUT2D eigenvalue weighted by Crippen LogP contribution is -2.22. The predicted octanol–water partition coefficient (Wildman–Crippen LogP) is 3.60. The van der Waals surface area contributed by atoms with Crippen molar-refractivity contribution in [1.82, 2.24) is 15.1 Å². The first-order valence-corrected chi connectivity index (χ1v) is 9.33. The molecule has 0 bridgehead atoms. The van der Waals surface area contributed by atoms with Gasteiger partial charge in [0.25, 0.3) is 0 Å². The first kappa shape index (κ1) is 19.2. The summed E-state index contributed by atoms with van der Waals surface area (Å²) >= 11 is 0. The maximum Gasteiger partial charge on any atom is 0.153 e. The van der Waals surface area contributed by atoms with E-state index >= 15 is 0 Å². The molecule has 1 saturated carbocycles. The Hall–Kier alpha value is -2.08. The zero-order valence-electron chi connectivity index (χ0n) is 15.8. The quantitative estimate of drug-likeness (QED) is 0.447. The first-order valence-electron chi connectivity index (χ1n) is 9.33. The molecule has 0 aliphatic heterocycles. The molecule has 0 atom stereocenters. The smallest absolute Gasteiger partial charge is 0.153 e. The maximum atomic E-state index is 5.64. The lowest BCUT2D eigenvalue weighted by molar-refractivity contribution is 0.405. The van der Waals surface area contributed by atoms with E-state index in [0.717, 1.165) is 43.3 Å². The van der Waals surface area contributed by atoms with Gasteiger partial charge in [0.15, 0.2) is 5.82 Å². The van der Waals surface area contributed by atoms with Gasteiger partial charge in [0.2, 0.25) is 0 Å². The van der Waals surface area contributed by atoms with Gasteiger partial charge in [-0.25, -0.2) is 4.99 Å². The van der Waals surface area contributed by atoms with Gasteiger partial charge in [0.05, 0.1) is 0 Å². The van der Waals surface area contributed by atoms with E-state index in [0.29, 0.717) is 12.5 Å². The highest BCUT2D eigenvalue weighted by Crippen LogP contribution is 2.39. The van der Waals surface area contributed by atoms with E-state index in [9.17, 15) is 0 Å². The van der Waals surface area contributed by atoms with Crippen molar-refractivity contribution in [3.63, 3.8) is 0 Å². The molecule has 4 N–H and O–H groups in total. The number of hydrogen-bond donors (Lipinski definition) is 3. The topological polar surface area (TPSA) is 82.3 Å². The van der Waals surface area contributed by atoms with E-state index in [1.54, 1.807) is 0 Å². The van der Waals surface area contributed by atoms with Crippen molar-refractivity contribution in [2.24, 2.45) is 10.7 Å². The van der Waals surface area contributed by atoms with Gasteiger partial charge in [-0.15, -0.1) is 0 Å². The Labute approximate surface area is 151 Å². The Kier molecular flexibility index (Phi) is 7.73. The number of hydrogen-bond acceptors (Lipinski definition) is 4. The van der Waals surface area contributed by atoms with Gasteiger partial charge in [0, 0.05) is 31.3 Å². The second kappa shape index (κ2) is 10.0. The van der Waals surface area contributed by atoms with Crippen LogP contribution in [0.15, 0.2) is 35.1 Å². The minimum Gasteiger partial charge on any atom is -0.360 e. The molecule has 0 spiro atoms. The van der Waals surface area contributed by atoms with Crippen LogP contribution in [-0.2, 0) is 0 Å². The summed E-state index contributed by atoms with van der Waals surface area (Å²) < 4.78 is 0. The summed E-state index contributed by atoms with van der Waals surface area (Å²) in [4.78, 5) is 6.99. The highest BCUT2D eigenvalue weighted by molar-refractivity contribution is 6.03. The molecule has 1 fully saturated rings. The fraction of sp³-hybridized carbons (Fsp3) is 0.579. The molecule has 0 aromatic carbocycles. The third-order valence-corrected chi connectivity index (χ3v) is 4.13. The van der Waals surface area contributed by atoms with Crippen LogP contribution in [0.2, 0.25) is 0 Å². The number of amidine groups is 1. The molecule has 1 heterocycles. The normalized spacial score (nSPS) is 15.8. The van der Waals surface area contributed by atoms with Crippen molar-refractivity contribution in [1.29, 1.82) is 0 Å². The highest BCUT2D eigenvalue weighted by atomic mass is 15.2. The average molecular weight is 345 g/mol. The minimum atomic E-state index is 0.660. The first-order chi connectivity index (χ1) is 12.2. The van der Waals surface area contributed by atoms with Crippen LogP contribution in [0.5, 0.6) is 0 Å². The highest BCUT2D eigenvalue weighted by Gasteiger charge is 2.25. The summed E-state index contributed by atoms with van der Waals surface area (Å²) in [6.07, 6.45) is 11.7. The molecular formula is C19H32N6. The number of aromatic nitrogens is 2. The van der Waals surface area contributed by atoms with Crippen molar-refractivity contribution in [2.45, 2.75) is 51.9 Å². The van der Waals surface area contributed by atoms with Crippen molar-refractivity contribution in [2.75, 3.05) is 25.5 Å². The number of nitrogens with two attached hydrogens (primary N) is 1. The van der Waals surface area contributed by atoms with Crippen molar-refractivity contribution in [3.05, 3.63) is 35.8 Å². The molecule has 2 rings (SSSR count). The van der Waals surface area contributed by atoms with Crippen LogP contribution in [0.25, 0.3) is 0 Å². The SMILES string of the molecule is C\C=C/C(=N\C(=C\CCC)N(C)CCCN)Nc1cc(C2CC2)[nH]n1. The zero-order chi connectivity index (χ0) is 18.1. The number of unbranched alkanes of at least 4 members (excludes halogenated alkanes) is 1. The van der Waals surface area contributed by atoms with Crippen LogP contribution < -0.4 is 11.1 Å². The molecule has 25 heavy (non-hydrogen) atoms. The summed E-state index contributed by atoms with van der Waals surface area (Å²) in [6.45, 7) is 5.75. The van der Waals surface area contributed by atoms with Gasteiger partial charge in [-0.05, 0) is 51.3 Å². The van der Waals surface area contributed by atoms with Gasteiger partial charge in [-0.3, -0.25) is 5.10 Å². The largest absolute Gasteiger partial charge is 0.360 e. The molecule has 6 nitrogen and oxygen atoms in total. The van der Waals surface area contributed by atoms with Crippen LogP contribution >= 0.6 is 0 Å². The van der Waals surface area contributed by atoms with Crippen LogP contribution in [0.4, 0.5) is 5.82 Å². The molecule has 1 aliphatic rings. The number of rotatable bonds is 10. The van der Waals surface area contributed by atoms with Crippen molar-refractivity contribution in [3.8, 4) is 0 Å². The molecule has 1 aromatic rings. The van der Waals surface area contributed by atoms with Crippen LogP contribution in [0, 0.1) is 0 Å². The fourth-order valence-electron chi connectivity index (χ4n) is 2.53. The zero-order valence-corrected chi connectivity index (χ0v) is 15.8. The summed E-state index contributed by atoms with van der Waals surface area (Å²) in [5.74, 6) is 3.23. The van der Waals surface area contributed by atoms with Crippen LogP contribution in [0.1, 0.15) is 57.6 Å². The Morgan fingerprint density at radius 1 is 1.52 bits per heavy atom. The molecule has 0 unspecified atom stereocenters. The fourth-order valence-corrected chi connectivity index (χ4v) is 2.53. The summed E-state index contributed by atoms with van der Waals surface area (Å²) in [5, 5.41) is 10.8. The van der Waals surface area contributed by atoms with E-state index in [2.05, 4.69) is 46.5 Å². The monoisotopic (exact) mass is 344 g/mol. The number of aromatic amines is 1. The molecular weight excluding hydrogens is 312 g/mol. The molecule has 0 saturated heterocycles. The second-order valence-corrected chi connectivity index (χ2v) is 6.52. The molecule has 1 aliphatic carbocycles. The van der Waals surface area contributed by atoms with Crippen LogP contribution in [-0.4, -0.2) is 41.1 Å². The van der Waals surface area contributed by atoms with Crippen molar-refractivity contribution >= 4 is 11.7 Å². The lowest BCUT2D eigenvalue weighted by Gasteiger charge is -2.20. The van der Waals surface area contributed by atoms with Crippen LogP contribution in [0.3, 0.4) is 0 Å². The van der Waals surface area contributed by atoms with Gasteiger partial charge in [-0.2, -0.15) is 5.10 Å². The second-order valence-electron chi connectivity index (χ2n) is 6.52. The minimum absolute atomic E-state index is 0.660. The van der Waals surface area contributed by atoms with E-state index in [1.807, 2.05) is 19.1 Å². The number of nitrogens with zero attached hydrogens (tertiary/aromatic N) is 3. The Morgan fingerprint density at radius 3 is 2.96 bits per heavy atom. The van der Waals surface area contributed by atoms with E-state index in [-0.39, 0.29) is 0 Å². The predicted molar refractivity (Wildman–Crippen MR) is 106 cm³/mol. The van der Waals surface area contributed by atoms with E-state index in [4.69, 9.17) is 10.7 Å². The summed E-state index contributed by atoms with van der Waals surface area (Å²) in [5.41, 5.74) is 6.85. The standard InChI is InChI=1S/C19H32N6/c1-4-6-9-19(25(3)13-7-12-20)22-17(8-5-2)21-18-14-16(23-24-18)15-10-11-15/h5,8-9,14-15H,4,6-7,10-13,20H2,1-3H3,(H2,21,22,23,24)/b8-5-,19-9-. The van der Waals surface area contributed by atoms with E-state index < -0.39 is 0 Å². The molecule has 138 valence electrons. The average Bonchev–Trinajstić information content (AvgIpc) is 3.36. The summed E-state index contributed by atoms with van der Waals surface area (Å²) in [7, 11) is 2.06. The van der Waals surface area contributed by atoms with Gasteiger partial charge >= 0.3 is 0 Å². The Bertz CT molecular complexity index is 609. The number of anilines is 1. The summed E-state index contributed by atoms with van der Waals surface area (Å²) in [6, 6.07) is 2.09. The van der Waals surface area contributed by atoms with Crippen molar-refractivity contribution < 1.29 is 0 Å². The van der Waals surface area contributed by atoms with Gasteiger partial charge in [-0.1, -0.05) is 19.4 Å². The third kappa shape index (κ3) is 6.38. The third-order valence-electron chi connectivity index (χ3n) is 4.13. The number of H-pyrrole nitrogens is 1. The van der Waals surface area contributed by atoms with E-state index in [1.165, 1.54) is 18.5 Å².